The Hall–Kier alpha value is 0.0400. The molecule has 0 spiro atoms. The van der Waals surface area contributed by atoms with Gasteiger partial charge in [0.2, 0.25) is 0 Å². The van der Waals surface area contributed by atoms with Crippen LogP contribution < -0.4 is 0 Å². The molecule has 0 N–H and O–H groups in total. The summed E-state index contributed by atoms with van der Waals surface area (Å²) in [4.78, 5) is 0. The second-order valence-corrected chi connectivity index (χ2v) is 3.79. The van der Waals surface area contributed by atoms with Crippen LogP contribution in [0.1, 0.15) is 32.6 Å². The van der Waals surface area contributed by atoms with Crippen LogP contribution in [0.5, 0.6) is 0 Å². The molecule has 0 aliphatic carbocycles. The Morgan fingerprint density at radius 2 is 1.93 bits per heavy atom. The standard InChI is InChI=1S/C9H16ClF3O/c1-2-8(10)5-3-4-6-14-7-9(11,12)13/h8H,2-7H2,1H3. The van der Waals surface area contributed by atoms with Crippen molar-refractivity contribution in [2.75, 3.05) is 13.2 Å². The summed E-state index contributed by atoms with van der Waals surface area (Å²) >= 11 is 5.83. The van der Waals surface area contributed by atoms with Crippen molar-refractivity contribution < 1.29 is 17.9 Å². The number of hydrogen-bond donors (Lipinski definition) is 0. The van der Waals surface area contributed by atoms with Crippen LogP contribution in [0.2, 0.25) is 0 Å². The zero-order chi connectivity index (χ0) is 11.0. The molecule has 0 saturated heterocycles. The number of hydrogen-bond acceptors (Lipinski definition) is 1. The molecule has 0 rings (SSSR count). The van der Waals surface area contributed by atoms with Crippen molar-refractivity contribution in [3.8, 4) is 0 Å². The normalized spacial score (nSPS) is 14.4. The first-order valence-corrected chi connectivity index (χ1v) is 5.18. The first kappa shape index (κ1) is 14.0. The minimum absolute atomic E-state index is 0.137. The van der Waals surface area contributed by atoms with Crippen molar-refractivity contribution in [1.29, 1.82) is 0 Å². The predicted molar refractivity (Wildman–Crippen MR) is 50.7 cm³/mol. The summed E-state index contributed by atoms with van der Waals surface area (Å²) < 4.78 is 39.3. The van der Waals surface area contributed by atoms with Gasteiger partial charge >= 0.3 is 6.18 Å². The van der Waals surface area contributed by atoms with E-state index in [-0.39, 0.29) is 12.0 Å². The monoisotopic (exact) mass is 232 g/mol. The predicted octanol–water partition coefficient (Wildman–Crippen LogP) is 3.75. The van der Waals surface area contributed by atoms with E-state index in [0.29, 0.717) is 6.42 Å². The molecule has 1 atom stereocenters. The number of ether oxygens (including phenoxy) is 1. The number of halogens is 4. The van der Waals surface area contributed by atoms with E-state index in [9.17, 15) is 13.2 Å². The number of unbranched alkanes of at least 4 members (excludes halogenated alkanes) is 1. The molecule has 86 valence electrons. The summed E-state index contributed by atoms with van der Waals surface area (Å²) in [5.41, 5.74) is 0. The maximum absolute atomic E-state index is 11.6. The van der Waals surface area contributed by atoms with Gasteiger partial charge in [-0.3, -0.25) is 0 Å². The van der Waals surface area contributed by atoms with Crippen molar-refractivity contribution in [2.24, 2.45) is 0 Å². The lowest BCUT2D eigenvalue weighted by Crippen LogP contribution is -2.17. The largest absolute Gasteiger partial charge is 0.411 e. The fourth-order valence-corrected chi connectivity index (χ4v) is 1.12. The third-order valence-corrected chi connectivity index (χ3v) is 2.29. The van der Waals surface area contributed by atoms with Gasteiger partial charge in [0.1, 0.15) is 6.61 Å². The van der Waals surface area contributed by atoms with Crippen LogP contribution in [0.25, 0.3) is 0 Å². The Morgan fingerprint density at radius 3 is 2.43 bits per heavy atom. The van der Waals surface area contributed by atoms with Gasteiger partial charge in [-0.25, -0.2) is 0 Å². The average Bonchev–Trinajstić information content (AvgIpc) is 2.08. The smallest absolute Gasteiger partial charge is 0.372 e. The quantitative estimate of drug-likeness (QED) is 0.480. The lowest BCUT2D eigenvalue weighted by atomic mass is 10.1. The Morgan fingerprint density at radius 1 is 1.29 bits per heavy atom. The zero-order valence-corrected chi connectivity index (χ0v) is 9.00. The molecule has 0 heterocycles. The molecule has 0 saturated carbocycles. The molecular formula is C9H16ClF3O. The molecule has 0 aromatic rings. The fraction of sp³-hybridized carbons (Fsp3) is 1.00. The molecular weight excluding hydrogens is 217 g/mol. The fourth-order valence-electron chi connectivity index (χ4n) is 0.962. The molecule has 0 bridgehead atoms. The van der Waals surface area contributed by atoms with Crippen LogP contribution in [0.15, 0.2) is 0 Å². The maximum Gasteiger partial charge on any atom is 0.411 e. The molecule has 0 radical (unpaired) electrons. The van der Waals surface area contributed by atoms with E-state index >= 15 is 0 Å². The summed E-state index contributed by atoms with van der Waals surface area (Å²) in [6.07, 6.45) is -1.02. The van der Waals surface area contributed by atoms with Crippen LogP contribution in [-0.2, 0) is 4.74 Å². The van der Waals surface area contributed by atoms with Crippen LogP contribution in [0.4, 0.5) is 13.2 Å². The molecule has 1 unspecified atom stereocenters. The third-order valence-electron chi connectivity index (χ3n) is 1.76. The van der Waals surface area contributed by atoms with E-state index in [1.807, 2.05) is 6.92 Å². The molecule has 0 aliphatic rings. The van der Waals surface area contributed by atoms with Crippen LogP contribution in [0, 0.1) is 0 Å². The van der Waals surface area contributed by atoms with Crippen LogP contribution >= 0.6 is 11.6 Å². The first-order chi connectivity index (χ1) is 6.45. The first-order valence-electron chi connectivity index (χ1n) is 4.74. The molecule has 14 heavy (non-hydrogen) atoms. The van der Waals surface area contributed by atoms with Gasteiger partial charge in [0, 0.05) is 12.0 Å². The Balaban J connectivity index is 3.14. The molecule has 1 nitrogen and oxygen atoms in total. The summed E-state index contributed by atoms with van der Waals surface area (Å²) in [5, 5.41) is 0.137. The van der Waals surface area contributed by atoms with Gasteiger partial charge in [0.15, 0.2) is 0 Å². The van der Waals surface area contributed by atoms with Gasteiger partial charge in [-0.1, -0.05) is 6.92 Å². The lowest BCUT2D eigenvalue weighted by molar-refractivity contribution is -0.174. The molecule has 0 aliphatic heterocycles. The lowest BCUT2D eigenvalue weighted by Gasteiger charge is -2.08. The average molecular weight is 233 g/mol. The highest BCUT2D eigenvalue weighted by Gasteiger charge is 2.27. The third kappa shape index (κ3) is 10.1. The summed E-state index contributed by atoms with van der Waals surface area (Å²) in [6.45, 7) is 0.996. The van der Waals surface area contributed by atoms with E-state index in [4.69, 9.17) is 11.6 Å². The van der Waals surface area contributed by atoms with Crippen molar-refractivity contribution in [3.05, 3.63) is 0 Å². The van der Waals surface area contributed by atoms with E-state index in [0.717, 1.165) is 19.3 Å². The van der Waals surface area contributed by atoms with Gasteiger partial charge in [-0.15, -0.1) is 11.6 Å². The second-order valence-electron chi connectivity index (χ2n) is 3.17. The van der Waals surface area contributed by atoms with Crippen molar-refractivity contribution in [3.63, 3.8) is 0 Å². The van der Waals surface area contributed by atoms with E-state index < -0.39 is 12.8 Å². The van der Waals surface area contributed by atoms with Gasteiger partial charge in [-0.05, 0) is 25.7 Å². The summed E-state index contributed by atoms with van der Waals surface area (Å²) in [7, 11) is 0. The topological polar surface area (TPSA) is 9.23 Å². The van der Waals surface area contributed by atoms with E-state index in [1.165, 1.54) is 0 Å². The van der Waals surface area contributed by atoms with Crippen molar-refractivity contribution in [1.82, 2.24) is 0 Å². The van der Waals surface area contributed by atoms with E-state index in [2.05, 4.69) is 4.74 Å². The Kier molecular flexibility index (Phi) is 7.37. The van der Waals surface area contributed by atoms with Gasteiger partial charge in [-0.2, -0.15) is 13.2 Å². The molecule has 5 heteroatoms. The molecule has 0 aromatic heterocycles. The highest BCUT2D eigenvalue weighted by atomic mass is 35.5. The Labute approximate surface area is 87.6 Å². The number of rotatable bonds is 7. The van der Waals surface area contributed by atoms with Gasteiger partial charge in [0.25, 0.3) is 0 Å². The van der Waals surface area contributed by atoms with Gasteiger partial charge < -0.3 is 4.74 Å². The minimum Gasteiger partial charge on any atom is -0.372 e. The van der Waals surface area contributed by atoms with E-state index in [1.54, 1.807) is 0 Å². The summed E-state index contributed by atoms with van der Waals surface area (Å²) in [6, 6.07) is 0. The van der Waals surface area contributed by atoms with Gasteiger partial charge in [0.05, 0.1) is 0 Å². The Bertz CT molecular complexity index is 139. The van der Waals surface area contributed by atoms with Crippen LogP contribution in [-0.4, -0.2) is 24.8 Å². The van der Waals surface area contributed by atoms with Crippen LogP contribution in [0.3, 0.4) is 0 Å². The number of alkyl halides is 4. The summed E-state index contributed by atoms with van der Waals surface area (Å²) in [5.74, 6) is 0. The van der Waals surface area contributed by atoms with Crippen molar-refractivity contribution in [2.45, 2.75) is 44.2 Å². The van der Waals surface area contributed by atoms with Crippen molar-refractivity contribution >= 4 is 11.6 Å². The highest BCUT2D eigenvalue weighted by molar-refractivity contribution is 6.20. The SMILES string of the molecule is CCC(Cl)CCCCOCC(F)(F)F. The second kappa shape index (κ2) is 7.35. The molecule has 0 amide bonds. The molecule has 0 fully saturated rings. The minimum atomic E-state index is -4.21. The highest BCUT2D eigenvalue weighted by Crippen LogP contribution is 2.15. The molecule has 0 aromatic carbocycles. The maximum atomic E-state index is 11.6. The zero-order valence-electron chi connectivity index (χ0n) is 8.24.